The molecule has 0 aliphatic carbocycles. The van der Waals surface area contributed by atoms with E-state index in [0.29, 0.717) is 12.0 Å². The lowest BCUT2D eigenvalue weighted by Gasteiger charge is -2.43. The van der Waals surface area contributed by atoms with Crippen LogP contribution in [-0.4, -0.2) is 45.8 Å². The molecular formula is C31H48BNO3Si. The van der Waals surface area contributed by atoms with Crippen LogP contribution in [-0.2, 0) is 13.7 Å². The molecule has 1 N–H and O–H groups in total. The molecule has 4 nitrogen and oxygen atoms in total. The van der Waals surface area contributed by atoms with Crippen LogP contribution >= 0.6 is 0 Å². The monoisotopic (exact) mass is 521 g/mol. The number of hydrogen-bond donors (Lipinski definition) is 1. The van der Waals surface area contributed by atoms with Crippen molar-refractivity contribution < 1.29 is 13.7 Å². The molecule has 0 spiro atoms. The maximum atomic E-state index is 7.23. The highest BCUT2D eigenvalue weighted by atomic mass is 28.4. The van der Waals surface area contributed by atoms with Crippen molar-refractivity contribution in [3.8, 4) is 0 Å². The average molecular weight is 522 g/mol. The molecule has 0 amide bonds. The van der Waals surface area contributed by atoms with Gasteiger partial charge in [0.15, 0.2) is 0 Å². The van der Waals surface area contributed by atoms with E-state index in [1.807, 2.05) is 0 Å². The molecule has 0 bridgehead atoms. The summed E-state index contributed by atoms with van der Waals surface area (Å²) in [5, 5.41) is 6.41. The zero-order valence-corrected chi connectivity index (χ0v) is 25.3. The topological polar surface area (TPSA) is 39.7 Å². The smallest absolute Gasteiger partial charge is 0.407 e. The highest BCUT2D eigenvalue weighted by Gasteiger charge is 2.56. The fourth-order valence-electron chi connectivity index (χ4n) is 6.29. The number of benzene rings is 2. The van der Waals surface area contributed by atoms with Gasteiger partial charge in [-0.25, -0.2) is 0 Å². The quantitative estimate of drug-likeness (QED) is 0.423. The van der Waals surface area contributed by atoms with Crippen molar-refractivity contribution in [1.29, 1.82) is 0 Å². The Bertz CT molecular complexity index is 947. The van der Waals surface area contributed by atoms with Gasteiger partial charge in [0.2, 0.25) is 0 Å². The second-order valence-electron chi connectivity index (χ2n) is 13.2. The molecule has 202 valence electrons. The van der Waals surface area contributed by atoms with E-state index < -0.39 is 8.32 Å². The van der Waals surface area contributed by atoms with Crippen molar-refractivity contribution in [2.45, 2.75) is 103 Å². The van der Waals surface area contributed by atoms with Gasteiger partial charge >= 0.3 is 7.12 Å². The summed E-state index contributed by atoms with van der Waals surface area (Å²) in [6, 6.07) is 22.3. The molecule has 2 aromatic rings. The van der Waals surface area contributed by atoms with Crippen molar-refractivity contribution in [2.75, 3.05) is 13.2 Å². The maximum Gasteiger partial charge on any atom is 0.463 e. The fourth-order valence-corrected chi connectivity index (χ4v) is 10.9. The van der Waals surface area contributed by atoms with E-state index in [9.17, 15) is 0 Å². The summed E-state index contributed by atoms with van der Waals surface area (Å²) >= 11 is 0. The Morgan fingerprint density at radius 2 is 1.46 bits per heavy atom. The average Bonchev–Trinajstić information content (AvgIpc) is 3.43. The number of nitrogens with one attached hydrogen (secondary N) is 1. The third-order valence-electron chi connectivity index (χ3n) is 9.11. The molecule has 6 heteroatoms. The van der Waals surface area contributed by atoms with Gasteiger partial charge < -0.3 is 19.1 Å². The van der Waals surface area contributed by atoms with Gasteiger partial charge in [0.05, 0.1) is 11.2 Å². The molecule has 2 aliphatic heterocycles. The second-order valence-corrected chi connectivity index (χ2v) is 17.5. The highest BCUT2D eigenvalue weighted by molar-refractivity contribution is 6.99. The molecule has 2 aliphatic rings. The van der Waals surface area contributed by atoms with E-state index >= 15 is 0 Å². The largest absolute Gasteiger partial charge is 0.463 e. The van der Waals surface area contributed by atoms with E-state index in [4.69, 9.17) is 13.7 Å². The van der Waals surface area contributed by atoms with Crippen LogP contribution in [0.1, 0.15) is 74.7 Å². The molecule has 3 atom stereocenters. The summed E-state index contributed by atoms with van der Waals surface area (Å²) in [6.45, 7) is 19.8. The molecule has 2 saturated heterocycles. The van der Waals surface area contributed by atoms with Crippen LogP contribution in [0.2, 0.25) is 10.9 Å². The van der Waals surface area contributed by atoms with Gasteiger partial charge in [-0.15, -0.1) is 0 Å². The first-order valence-electron chi connectivity index (χ1n) is 14.2. The highest BCUT2D eigenvalue weighted by Crippen LogP contribution is 2.45. The van der Waals surface area contributed by atoms with Crippen molar-refractivity contribution in [2.24, 2.45) is 5.92 Å². The molecular weight excluding hydrogens is 473 g/mol. The molecule has 0 aromatic heterocycles. The molecule has 0 unspecified atom stereocenters. The third kappa shape index (κ3) is 5.65. The summed E-state index contributed by atoms with van der Waals surface area (Å²) in [5.74, 6) is 0.676. The first kappa shape index (κ1) is 28.6. The van der Waals surface area contributed by atoms with Crippen LogP contribution in [0.15, 0.2) is 60.7 Å². The Morgan fingerprint density at radius 1 is 0.946 bits per heavy atom. The molecule has 2 fully saturated rings. The summed E-state index contributed by atoms with van der Waals surface area (Å²) < 4.78 is 20.4. The van der Waals surface area contributed by atoms with Crippen molar-refractivity contribution >= 4 is 25.8 Å². The van der Waals surface area contributed by atoms with Gasteiger partial charge in [-0.3, -0.25) is 0 Å². The lowest BCUT2D eigenvalue weighted by atomic mass is 9.60. The Hall–Kier alpha value is -1.44. The van der Waals surface area contributed by atoms with Gasteiger partial charge in [0.1, 0.15) is 0 Å². The normalized spacial score (nSPS) is 23.2. The second kappa shape index (κ2) is 11.0. The maximum absolute atomic E-state index is 7.23. The van der Waals surface area contributed by atoms with Crippen LogP contribution in [0.5, 0.6) is 0 Å². The predicted molar refractivity (Wildman–Crippen MR) is 158 cm³/mol. The Kier molecular flexibility index (Phi) is 8.47. The van der Waals surface area contributed by atoms with Crippen LogP contribution < -0.4 is 15.7 Å². The Balaban J connectivity index is 1.58. The molecule has 4 rings (SSSR count). The van der Waals surface area contributed by atoms with Crippen LogP contribution in [0.25, 0.3) is 0 Å². The molecule has 0 saturated carbocycles. The fraction of sp³-hybridized carbons (Fsp3) is 0.613. The van der Waals surface area contributed by atoms with Crippen LogP contribution in [0.3, 0.4) is 0 Å². The van der Waals surface area contributed by atoms with Gasteiger partial charge in [0, 0.05) is 18.5 Å². The van der Waals surface area contributed by atoms with Crippen LogP contribution in [0.4, 0.5) is 0 Å². The lowest BCUT2D eigenvalue weighted by molar-refractivity contribution is 0.00578. The summed E-state index contributed by atoms with van der Waals surface area (Å²) in [5.41, 5.74) is -0.640. The van der Waals surface area contributed by atoms with Gasteiger partial charge in [-0.1, -0.05) is 88.4 Å². The minimum Gasteiger partial charge on any atom is -0.407 e. The SMILES string of the molecule is C[C@H](CCO[Si](c1ccccc1)(c1ccccc1)C(C)(C)C)[C@@H](B1OC(C)(C)C(C)(C)O1)[C@@H]1CCCN1. The standard InChI is InChI=1S/C31H48BNO3Si/c1-24(28(27-20-15-22-33-27)32-35-30(5,6)31(7,8)36-32)21-23-34-37(29(2,3)4,25-16-11-9-12-17-25)26-18-13-10-14-19-26/h9-14,16-19,24,27-28,33H,15,20-23H2,1-8H3/t24-,27+,28-/m1/s1. The molecule has 0 radical (unpaired) electrons. The van der Waals surface area contributed by atoms with E-state index in [1.54, 1.807) is 0 Å². The van der Waals surface area contributed by atoms with E-state index in [2.05, 4.69) is 121 Å². The number of rotatable bonds is 9. The first-order valence-corrected chi connectivity index (χ1v) is 16.1. The van der Waals surface area contributed by atoms with E-state index in [0.717, 1.165) is 19.6 Å². The van der Waals surface area contributed by atoms with Crippen LogP contribution in [0, 0.1) is 5.92 Å². The Morgan fingerprint density at radius 3 is 1.89 bits per heavy atom. The van der Waals surface area contributed by atoms with Gasteiger partial charge in [-0.2, -0.15) is 0 Å². The van der Waals surface area contributed by atoms with Crippen molar-refractivity contribution in [3.63, 3.8) is 0 Å². The lowest BCUT2D eigenvalue weighted by Crippen LogP contribution is -2.66. The first-order chi connectivity index (χ1) is 17.4. The predicted octanol–water partition coefficient (Wildman–Crippen LogP) is 5.80. The summed E-state index contributed by atoms with van der Waals surface area (Å²) in [6.07, 6.45) is 3.36. The summed E-state index contributed by atoms with van der Waals surface area (Å²) in [4.78, 5) is 0. The molecule has 2 aromatic carbocycles. The Labute approximate surface area is 227 Å². The minimum atomic E-state index is -2.54. The van der Waals surface area contributed by atoms with E-state index in [-0.39, 0.29) is 29.2 Å². The number of hydrogen-bond acceptors (Lipinski definition) is 4. The van der Waals surface area contributed by atoms with Crippen molar-refractivity contribution in [3.05, 3.63) is 60.7 Å². The zero-order valence-electron chi connectivity index (χ0n) is 24.3. The van der Waals surface area contributed by atoms with E-state index in [1.165, 1.54) is 23.2 Å². The van der Waals surface area contributed by atoms with Gasteiger partial charge in [-0.05, 0) is 74.8 Å². The van der Waals surface area contributed by atoms with Gasteiger partial charge in [0.25, 0.3) is 8.32 Å². The minimum absolute atomic E-state index is 0.0168. The van der Waals surface area contributed by atoms with Crippen molar-refractivity contribution in [1.82, 2.24) is 5.32 Å². The third-order valence-corrected chi connectivity index (χ3v) is 14.2. The zero-order chi connectivity index (χ0) is 26.9. The summed E-state index contributed by atoms with van der Waals surface area (Å²) in [7, 11) is -2.74. The molecule has 2 heterocycles. The molecule has 37 heavy (non-hydrogen) atoms.